The number of halogens is 1. The maximum Gasteiger partial charge on any atom is 0.325 e. The van der Waals surface area contributed by atoms with Gasteiger partial charge in [-0.05, 0) is 62.2 Å². The molecule has 36 heavy (non-hydrogen) atoms. The van der Waals surface area contributed by atoms with E-state index in [2.05, 4.69) is 10.6 Å². The summed E-state index contributed by atoms with van der Waals surface area (Å²) < 4.78 is 25.8. The minimum Gasteiger partial charge on any atom is -0.490 e. The quantitative estimate of drug-likeness (QED) is 0.497. The summed E-state index contributed by atoms with van der Waals surface area (Å²) in [6.45, 7) is 6.21. The van der Waals surface area contributed by atoms with E-state index >= 15 is 0 Å². The van der Waals surface area contributed by atoms with E-state index < -0.39 is 5.72 Å². The van der Waals surface area contributed by atoms with Gasteiger partial charge in [0, 0.05) is 24.1 Å². The van der Waals surface area contributed by atoms with E-state index in [1.165, 1.54) is 6.07 Å². The van der Waals surface area contributed by atoms with E-state index in [1.54, 1.807) is 48.2 Å². The first kappa shape index (κ1) is 23.7. The second-order valence-corrected chi connectivity index (χ2v) is 9.24. The van der Waals surface area contributed by atoms with Crippen molar-refractivity contribution in [2.75, 3.05) is 11.5 Å². The molecule has 8 heteroatoms. The molecule has 3 aromatic rings. The number of carbonyl (C=O) groups is 2. The average Bonchev–Trinajstić information content (AvgIpc) is 2.85. The van der Waals surface area contributed by atoms with Crippen molar-refractivity contribution < 1.29 is 23.5 Å². The molecule has 2 aliphatic heterocycles. The van der Waals surface area contributed by atoms with Crippen LogP contribution in [0.1, 0.15) is 53.4 Å². The summed E-state index contributed by atoms with van der Waals surface area (Å²) in [6, 6.07) is 16.8. The number of nitrogens with zero attached hydrogens (tertiary/aromatic N) is 1. The predicted molar refractivity (Wildman–Crippen MR) is 134 cm³/mol. The predicted octanol–water partition coefficient (Wildman–Crippen LogP) is 5.23. The maximum atomic E-state index is 13.5. The van der Waals surface area contributed by atoms with Crippen molar-refractivity contribution in [1.29, 1.82) is 0 Å². The van der Waals surface area contributed by atoms with Gasteiger partial charge in [0.05, 0.1) is 18.3 Å². The minimum absolute atomic E-state index is 0.214. The molecule has 0 saturated carbocycles. The molecule has 2 heterocycles. The van der Waals surface area contributed by atoms with E-state index in [0.717, 1.165) is 11.1 Å². The van der Waals surface area contributed by atoms with Crippen LogP contribution in [0.25, 0.3) is 0 Å². The Bertz CT molecular complexity index is 1340. The molecule has 5 rings (SSSR count). The monoisotopic (exact) mass is 489 g/mol. The van der Waals surface area contributed by atoms with E-state index in [1.807, 2.05) is 32.0 Å². The van der Waals surface area contributed by atoms with E-state index in [4.69, 9.17) is 9.47 Å². The number of nitrogens with one attached hydrogen (secondary N) is 2. The first-order valence-electron chi connectivity index (χ1n) is 12.0. The maximum absolute atomic E-state index is 13.5. The molecule has 7 nitrogen and oxygen atoms in total. The summed E-state index contributed by atoms with van der Waals surface area (Å²) in [6.07, 6.45) is 0.529. The molecule has 0 spiro atoms. The fourth-order valence-electron chi connectivity index (χ4n) is 4.91. The van der Waals surface area contributed by atoms with E-state index in [9.17, 15) is 14.0 Å². The van der Waals surface area contributed by atoms with Gasteiger partial charge < -0.3 is 20.1 Å². The molecule has 2 aliphatic rings. The van der Waals surface area contributed by atoms with Gasteiger partial charge in [0.2, 0.25) is 0 Å². The van der Waals surface area contributed by atoms with Crippen molar-refractivity contribution >= 4 is 17.6 Å². The molecule has 0 aromatic heterocycles. The third-order valence-corrected chi connectivity index (χ3v) is 6.61. The third-order valence-electron chi connectivity index (χ3n) is 6.61. The lowest BCUT2D eigenvalue weighted by Gasteiger charge is -2.50. The molecule has 1 unspecified atom stereocenters. The van der Waals surface area contributed by atoms with Crippen LogP contribution in [-0.2, 0) is 6.54 Å². The fraction of sp³-hybridized carbons (Fsp3) is 0.286. The Labute approximate surface area is 209 Å². The Hall–Kier alpha value is -4.07. The summed E-state index contributed by atoms with van der Waals surface area (Å²) >= 11 is 0. The second-order valence-electron chi connectivity index (χ2n) is 9.24. The highest BCUT2D eigenvalue weighted by Gasteiger charge is 2.50. The fourth-order valence-corrected chi connectivity index (χ4v) is 4.91. The Balaban J connectivity index is 1.40. The normalized spacial score (nSPS) is 20.2. The van der Waals surface area contributed by atoms with Crippen molar-refractivity contribution in [3.8, 4) is 11.5 Å². The van der Waals surface area contributed by atoms with Crippen LogP contribution in [0.3, 0.4) is 0 Å². The van der Waals surface area contributed by atoms with Gasteiger partial charge in [0.15, 0.2) is 17.2 Å². The van der Waals surface area contributed by atoms with E-state index in [0.29, 0.717) is 41.3 Å². The molecule has 2 atom stereocenters. The van der Waals surface area contributed by atoms with Crippen molar-refractivity contribution in [1.82, 2.24) is 10.6 Å². The summed E-state index contributed by atoms with van der Waals surface area (Å²) in [4.78, 5) is 27.7. The number of fused-ring (bicyclic) bond motifs is 4. The van der Waals surface area contributed by atoms with Gasteiger partial charge in [0.25, 0.3) is 5.91 Å². The number of aryl methyl sites for hydroxylation is 1. The van der Waals surface area contributed by atoms with Gasteiger partial charge in [-0.15, -0.1) is 0 Å². The topological polar surface area (TPSA) is 79.9 Å². The van der Waals surface area contributed by atoms with Crippen LogP contribution in [0.15, 0.2) is 60.7 Å². The Kier molecular flexibility index (Phi) is 6.04. The number of hydrogen-bond acceptors (Lipinski definition) is 4. The number of ether oxygens (including phenoxy) is 2. The zero-order chi connectivity index (χ0) is 25.4. The smallest absolute Gasteiger partial charge is 0.325 e. The summed E-state index contributed by atoms with van der Waals surface area (Å²) in [7, 11) is 0. The van der Waals surface area contributed by atoms with Crippen molar-refractivity contribution in [3.05, 3.63) is 88.7 Å². The molecule has 3 aromatic carbocycles. The molecular weight excluding hydrogens is 461 g/mol. The molecule has 1 saturated heterocycles. The van der Waals surface area contributed by atoms with Gasteiger partial charge in [0.1, 0.15) is 5.82 Å². The number of benzene rings is 3. The minimum atomic E-state index is -0.978. The summed E-state index contributed by atoms with van der Waals surface area (Å²) in [5, 5.41) is 5.93. The Morgan fingerprint density at radius 2 is 2.03 bits per heavy atom. The van der Waals surface area contributed by atoms with Gasteiger partial charge in [-0.1, -0.05) is 30.3 Å². The lowest BCUT2D eigenvalue weighted by Crippen LogP contribution is -2.65. The zero-order valence-corrected chi connectivity index (χ0v) is 20.4. The van der Waals surface area contributed by atoms with Crippen LogP contribution in [0.4, 0.5) is 14.9 Å². The SMILES string of the molecule is CCOc1cccc2c1O[C@]1(C)CC2NC(=O)N1c1cccc(C(=O)NCc2ccc(F)c(C)c2)c1. The molecule has 2 N–H and O–H groups in total. The standard InChI is InChI=1S/C28H28FN3O4/c1-4-35-24-10-6-9-21-23-15-28(3,36-25(21)24)32(27(34)31-23)20-8-5-7-19(14-20)26(33)30-16-18-11-12-22(29)17(2)13-18/h5-14,23H,4,15-16H2,1-3H3,(H,30,33)(H,31,34)/t23?,28-/m1/s1. The first-order valence-corrected chi connectivity index (χ1v) is 12.0. The van der Waals surface area contributed by atoms with Crippen LogP contribution in [-0.4, -0.2) is 24.3 Å². The molecule has 1 fully saturated rings. The van der Waals surface area contributed by atoms with Gasteiger partial charge in [-0.25, -0.2) is 9.18 Å². The number of carbonyl (C=O) groups excluding carboxylic acids is 2. The van der Waals surface area contributed by atoms with Gasteiger partial charge in [-0.3, -0.25) is 9.69 Å². The van der Waals surface area contributed by atoms with Crippen molar-refractivity contribution in [3.63, 3.8) is 0 Å². The number of urea groups is 1. The molecule has 3 amide bonds. The molecule has 186 valence electrons. The summed E-state index contributed by atoms with van der Waals surface area (Å²) in [5.41, 5.74) is 2.16. The lowest BCUT2D eigenvalue weighted by molar-refractivity contribution is 0.0343. The van der Waals surface area contributed by atoms with Crippen LogP contribution < -0.4 is 25.0 Å². The number of amides is 3. The van der Waals surface area contributed by atoms with Crippen LogP contribution in [0, 0.1) is 12.7 Å². The zero-order valence-electron chi connectivity index (χ0n) is 20.4. The van der Waals surface area contributed by atoms with Gasteiger partial charge >= 0.3 is 6.03 Å². The molecule has 2 bridgehead atoms. The second kappa shape index (κ2) is 9.18. The van der Waals surface area contributed by atoms with Crippen molar-refractivity contribution in [2.45, 2.75) is 45.5 Å². The number of hydrogen-bond donors (Lipinski definition) is 2. The number of para-hydroxylation sites is 1. The Morgan fingerprint density at radius 1 is 1.22 bits per heavy atom. The molecular formula is C28H28FN3O4. The largest absolute Gasteiger partial charge is 0.490 e. The van der Waals surface area contributed by atoms with Crippen molar-refractivity contribution in [2.24, 2.45) is 0 Å². The highest BCUT2D eigenvalue weighted by Crippen LogP contribution is 2.49. The highest BCUT2D eigenvalue weighted by molar-refractivity contribution is 5.99. The number of rotatable bonds is 6. The number of anilines is 1. The first-order chi connectivity index (χ1) is 17.3. The molecule has 0 aliphatic carbocycles. The van der Waals surface area contributed by atoms with Crippen LogP contribution in [0.5, 0.6) is 11.5 Å². The highest BCUT2D eigenvalue weighted by atomic mass is 19.1. The molecule has 0 radical (unpaired) electrons. The average molecular weight is 490 g/mol. The van der Waals surface area contributed by atoms with Gasteiger partial charge in [-0.2, -0.15) is 0 Å². The third kappa shape index (κ3) is 4.23. The van der Waals surface area contributed by atoms with Crippen LogP contribution in [0.2, 0.25) is 0 Å². The lowest BCUT2D eigenvalue weighted by atomic mass is 9.89. The van der Waals surface area contributed by atoms with Crippen LogP contribution >= 0.6 is 0 Å². The summed E-state index contributed by atoms with van der Waals surface area (Å²) in [5.74, 6) is 0.667. The van der Waals surface area contributed by atoms with E-state index in [-0.39, 0.29) is 30.3 Å². The Morgan fingerprint density at radius 3 is 2.81 bits per heavy atom.